The van der Waals surface area contributed by atoms with Crippen LogP contribution in [0.4, 0.5) is 16.0 Å². The lowest BCUT2D eigenvalue weighted by Gasteiger charge is -2.23. The average Bonchev–Trinajstić information content (AvgIpc) is 3.32. The molecule has 174 valence electrons. The molecule has 0 bridgehead atoms. The molecule has 1 amide bonds. The van der Waals surface area contributed by atoms with Crippen LogP contribution in [0.3, 0.4) is 0 Å². The Balaban J connectivity index is 1.72. The zero-order valence-electron chi connectivity index (χ0n) is 20.3. The Labute approximate surface area is 195 Å². The Hall–Kier alpha value is -3.15. The van der Waals surface area contributed by atoms with Crippen molar-refractivity contribution in [3.63, 3.8) is 0 Å². The molecule has 6 heteroatoms. The fourth-order valence-corrected chi connectivity index (χ4v) is 5.03. The van der Waals surface area contributed by atoms with Crippen LogP contribution in [0.5, 0.6) is 0 Å². The molecule has 0 spiro atoms. The lowest BCUT2D eigenvalue weighted by molar-refractivity contribution is 0.0731. The van der Waals surface area contributed by atoms with E-state index in [-0.39, 0.29) is 11.7 Å². The molecule has 2 aromatic carbocycles. The van der Waals surface area contributed by atoms with Crippen molar-refractivity contribution in [1.82, 2.24) is 14.5 Å². The third kappa shape index (κ3) is 4.39. The molecule has 0 radical (unpaired) electrons. The van der Waals surface area contributed by atoms with E-state index in [1.807, 2.05) is 17.9 Å². The quantitative estimate of drug-likeness (QED) is 0.465. The fourth-order valence-electron chi connectivity index (χ4n) is 5.03. The van der Waals surface area contributed by atoms with Crippen LogP contribution < -0.4 is 4.90 Å². The summed E-state index contributed by atoms with van der Waals surface area (Å²) in [6, 6.07) is 10.9. The normalized spacial score (nSPS) is 12.8. The summed E-state index contributed by atoms with van der Waals surface area (Å²) in [5, 5.41) is 0. The van der Waals surface area contributed by atoms with Gasteiger partial charge in [-0.2, -0.15) is 0 Å². The third-order valence-corrected chi connectivity index (χ3v) is 6.29. The topological polar surface area (TPSA) is 41.4 Å². The predicted octanol–water partition coefficient (Wildman–Crippen LogP) is 5.71. The number of imidazole rings is 1. The minimum absolute atomic E-state index is 0.0316. The van der Waals surface area contributed by atoms with Crippen LogP contribution in [0, 0.1) is 26.6 Å². The number of hydrogen-bond donors (Lipinski definition) is 0. The SMILES string of the molecule is CCCN(Cc1cccc(F)c1)C(=O)c1c(CC)nc2n1CCN2c1c(C)cc(C)cc1C. The zero-order chi connectivity index (χ0) is 23.7. The van der Waals surface area contributed by atoms with Gasteiger partial charge in [0.05, 0.1) is 5.69 Å². The van der Waals surface area contributed by atoms with Gasteiger partial charge in [0.1, 0.15) is 11.5 Å². The van der Waals surface area contributed by atoms with Gasteiger partial charge in [0.2, 0.25) is 5.95 Å². The summed E-state index contributed by atoms with van der Waals surface area (Å²) in [4.78, 5) is 22.8. The van der Waals surface area contributed by atoms with Crippen LogP contribution in [0.2, 0.25) is 0 Å². The van der Waals surface area contributed by atoms with Gasteiger partial charge in [-0.3, -0.25) is 4.79 Å². The maximum Gasteiger partial charge on any atom is 0.272 e. The summed E-state index contributed by atoms with van der Waals surface area (Å²) in [5.74, 6) is 0.527. The molecular weight excluding hydrogens is 415 g/mol. The molecule has 1 aromatic heterocycles. The van der Waals surface area contributed by atoms with Crippen LogP contribution in [0.1, 0.15) is 58.7 Å². The van der Waals surface area contributed by atoms with Gasteiger partial charge in [-0.1, -0.05) is 43.7 Å². The highest BCUT2D eigenvalue weighted by atomic mass is 19.1. The van der Waals surface area contributed by atoms with Gasteiger partial charge >= 0.3 is 0 Å². The van der Waals surface area contributed by atoms with E-state index >= 15 is 0 Å². The van der Waals surface area contributed by atoms with Crippen molar-refractivity contribution in [2.45, 2.75) is 60.5 Å². The monoisotopic (exact) mass is 448 g/mol. The van der Waals surface area contributed by atoms with Crippen molar-refractivity contribution in [1.29, 1.82) is 0 Å². The van der Waals surface area contributed by atoms with Crippen LogP contribution in [0.25, 0.3) is 0 Å². The maximum absolute atomic E-state index is 13.8. The van der Waals surface area contributed by atoms with Gasteiger partial charge in [0.25, 0.3) is 5.91 Å². The number of rotatable bonds is 7. The maximum atomic E-state index is 13.8. The van der Waals surface area contributed by atoms with Crippen LogP contribution in [-0.2, 0) is 19.5 Å². The smallest absolute Gasteiger partial charge is 0.272 e. The minimum Gasteiger partial charge on any atom is -0.333 e. The van der Waals surface area contributed by atoms with Gasteiger partial charge < -0.3 is 14.4 Å². The largest absolute Gasteiger partial charge is 0.333 e. The number of halogens is 1. The number of benzene rings is 2. The van der Waals surface area contributed by atoms with E-state index in [2.05, 4.69) is 49.3 Å². The van der Waals surface area contributed by atoms with E-state index in [0.717, 1.165) is 36.7 Å². The van der Waals surface area contributed by atoms with Crippen molar-refractivity contribution < 1.29 is 9.18 Å². The molecule has 1 aliphatic heterocycles. The first-order valence-corrected chi connectivity index (χ1v) is 11.8. The second-order valence-electron chi connectivity index (χ2n) is 8.97. The molecule has 1 aliphatic rings. The number of nitrogens with zero attached hydrogens (tertiary/aromatic N) is 4. The average molecular weight is 449 g/mol. The Bertz CT molecular complexity index is 1160. The second-order valence-corrected chi connectivity index (χ2v) is 8.97. The van der Waals surface area contributed by atoms with Crippen molar-refractivity contribution in [2.75, 3.05) is 18.0 Å². The van der Waals surface area contributed by atoms with Gasteiger partial charge in [0.15, 0.2) is 0 Å². The zero-order valence-corrected chi connectivity index (χ0v) is 20.3. The predicted molar refractivity (Wildman–Crippen MR) is 131 cm³/mol. The van der Waals surface area contributed by atoms with Gasteiger partial charge in [-0.05, 0) is 62.4 Å². The highest BCUT2D eigenvalue weighted by Gasteiger charge is 2.33. The molecule has 5 nitrogen and oxygen atoms in total. The molecule has 3 aromatic rings. The first kappa shape index (κ1) is 23.0. The Kier molecular flexibility index (Phi) is 6.54. The van der Waals surface area contributed by atoms with E-state index in [1.54, 1.807) is 6.07 Å². The van der Waals surface area contributed by atoms with Crippen LogP contribution in [-0.4, -0.2) is 33.4 Å². The Morgan fingerprint density at radius 1 is 1.09 bits per heavy atom. The number of carbonyl (C=O) groups excluding carboxylic acids is 1. The lowest BCUT2D eigenvalue weighted by atomic mass is 10.0. The molecular formula is C27H33FN4O. The summed E-state index contributed by atoms with van der Waals surface area (Å²) >= 11 is 0. The summed E-state index contributed by atoms with van der Waals surface area (Å²) < 4.78 is 15.8. The van der Waals surface area contributed by atoms with Gasteiger partial charge in [-0.25, -0.2) is 9.37 Å². The van der Waals surface area contributed by atoms with Crippen molar-refractivity contribution in [2.24, 2.45) is 0 Å². The van der Waals surface area contributed by atoms with Gasteiger partial charge in [0, 0.05) is 31.9 Å². The number of aryl methyl sites for hydroxylation is 4. The molecule has 4 rings (SSSR count). The first-order chi connectivity index (χ1) is 15.8. The van der Waals surface area contributed by atoms with Gasteiger partial charge in [-0.15, -0.1) is 0 Å². The van der Waals surface area contributed by atoms with E-state index < -0.39 is 0 Å². The molecule has 0 saturated heterocycles. The molecule has 0 aliphatic carbocycles. The van der Waals surface area contributed by atoms with E-state index in [9.17, 15) is 9.18 Å². The molecule has 0 fully saturated rings. The van der Waals surface area contributed by atoms with Crippen LogP contribution in [0.15, 0.2) is 36.4 Å². The Morgan fingerprint density at radius 3 is 2.45 bits per heavy atom. The summed E-state index contributed by atoms with van der Waals surface area (Å²) in [6.45, 7) is 13.0. The summed E-state index contributed by atoms with van der Waals surface area (Å²) in [5.41, 5.74) is 7.14. The molecule has 2 heterocycles. The highest BCUT2D eigenvalue weighted by Crippen LogP contribution is 2.37. The highest BCUT2D eigenvalue weighted by molar-refractivity contribution is 5.95. The number of fused-ring (bicyclic) bond motifs is 1. The van der Waals surface area contributed by atoms with E-state index in [0.29, 0.717) is 25.2 Å². The fraction of sp³-hybridized carbons (Fsp3) is 0.407. The summed E-state index contributed by atoms with van der Waals surface area (Å²) in [6.07, 6.45) is 1.51. The molecule has 0 saturated carbocycles. The Morgan fingerprint density at radius 2 is 1.82 bits per heavy atom. The van der Waals surface area contributed by atoms with E-state index in [1.165, 1.54) is 34.5 Å². The number of amides is 1. The minimum atomic E-state index is -0.282. The van der Waals surface area contributed by atoms with Crippen molar-refractivity contribution >= 4 is 17.5 Å². The summed E-state index contributed by atoms with van der Waals surface area (Å²) in [7, 11) is 0. The van der Waals surface area contributed by atoms with E-state index in [4.69, 9.17) is 4.98 Å². The van der Waals surface area contributed by atoms with Crippen molar-refractivity contribution in [3.05, 3.63) is 75.9 Å². The molecule has 0 N–H and O–H groups in total. The molecule has 33 heavy (non-hydrogen) atoms. The molecule has 0 atom stereocenters. The number of anilines is 2. The van der Waals surface area contributed by atoms with Crippen LogP contribution >= 0.6 is 0 Å². The number of hydrogen-bond acceptors (Lipinski definition) is 3. The standard InChI is InChI=1S/C27H33FN4O/c1-6-11-30(17-21-9-8-10-22(28)16-21)26(33)25-23(7-2)29-27-31(12-13-32(25)27)24-19(4)14-18(3)15-20(24)5/h8-10,14-16H,6-7,11-13,17H2,1-5H3. The number of aromatic nitrogens is 2. The first-order valence-electron chi connectivity index (χ1n) is 11.8. The van der Waals surface area contributed by atoms with Crippen molar-refractivity contribution in [3.8, 4) is 0 Å². The molecule has 0 unspecified atom stereocenters. The number of carbonyl (C=O) groups is 1. The lowest BCUT2D eigenvalue weighted by Crippen LogP contribution is -2.33. The second kappa shape index (κ2) is 9.38. The third-order valence-electron chi connectivity index (χ3n) is 6.29.